The van der Waals surface area contributed by atoms with Crippen molar-refractivity contribution in [2.75, 3.05) is 4.90 Å². The van der Waals surface area contributed by atoms with Crippen LogP contribution in [-0.4, -0.2) is 20.7 Å². The van der Waals surface area contributed by atoms with Gasteiger partial charge in [0.15, 0.2) is 16.1 Å². The zero-order valence-electron chi connectivity index (χ0n) is 35.6. The highest BCUT2D eigenvalue weighted by Gasteiger charge is 2.50. The van der Waals surface area contributed by atoms with E-state index < -0.39 is 16.1 Å². The van der Waals surface area contributed by atoms with Gasteiger partial charge in [-0.05, 0) is 90.0 Å². The summed E-state index contributed by atoms with van der Waals surface area (Å²) in [6.45, 7) is 0. The summed E-state index contributed by atoms with van der Waals surface area (Å²) < 4.78 is 9.70. The maximum atomic E-state index is 7.25. The molecule has 13 rings (SSSR count). The fraction of sp³-hybridized carbons (Fsp3) is 0. The van der Waals surface area contributed by atoms with Crippen LogP contribution in [0.3, 0.4) is 0 Å². The third-order valence-corrected chi connectivity index (χ3v) is 23.7. The number of ether oxygens (including phenoxy) is 1. The molecule has 0 unspecified atom stereocenters. The smallest absolute Gasteiger partial charge is 0.188 e. The summed E-state index contributed by atoms with van der Waals surface area (Å²) in [7, 11) is -5.60. The van der Waals surface area contributed by atoms with Crippen LogP contribution in [0.5, 0.6) is 11.5 Å². The predicted octanol–water partition coefficient (Wildman–Crippen LogP) is 9.43. The first-order valence-electron chi connectivity index (χ1n) is 22.4. The van der Waals surface area contributed by atoms with E-state index >= 15 is 0 Å². The number of rotatable bonds is 6. The van der Waals surface area contributed by atoms with Gasteiger partial charge in [0.2, 0.25) is 0 Å². The zero-order chi connectivity index (χ0) is 43.0. The van der Waals surface area contributed by atoms with E-state index in [9.17, 15) is 0 Å². The van der Waals surface area contributed by atoms with Crippen LogP contribution in [-0.2, 0) is 0 Å². The van der Waals surface area contributed by atoms with Gasteiger partial charge < -0.3 is 14.2 Å². The third kappa shape index (κ3) is 5.34. The van der Waals surface area contributed by atoms with E-state index in [0.717, 1.165) is 39.3 Å². The van der Waals surface area contributed by atoms with Crippen molar-refractivity contribution in [3.05, 3.63) is 255 Å². The molecule has 2 aliphatic heterocycles. The molecule has 0 saturated heterocycles. The van der Waals surface area contributed by atoms with Crippen LogP contribution in [0, 0.1) is 0 Å². The largest absolute Gasteiger partial charge is 0.457 e. The number of hydrogen-bond donors (Lipinski definition) is 0. The number of aromatic nitrogens is 1. The standard InChI is InChI=1S/C60H42N2OSi2/c1-5-24-45(25-6-1)64(46-26-7-2-8-27-46)55-37-18-15-34-51(55)62(52-35-16-19-38-56(52)64)44-23-21-22-43(42-44)61-50-33-14-13-32-49(50)59-53(61)40-41-58-60(59)63-54-36-17-20-39-57(54)65(58,47-28-9-3-10-29-47)48-30-11-4-12-31-48/h1-42H. The molecule has 65 heavy (non-hydrogen) atoms. The van der Waals surface area contributed by atoms with Crippen LogP contribution in [0.4, 0.5) is 17.1 Å². The molecule has 0 radical (unpaired) electrons. The molecule has 10 aromatic carbocycles. The average Bonchev–Trinajstić information content (AvgIpc) is 3.73. The zero-order valence-corrected chi connectivity index (χ0v) is 37.6. The average molecular weight is 863 g/mol. The summed E-state index contributed by atoms with van der Waals surface area (Å²) in [5.41, 5.74) is 6.89. The van der Waals surface area contributed by atoms with Crippen LogP contribution < -0.4 is 51.1 Å². The van der Waals surface area contributed by atoms with Crippen molar-refractivity contribution in [2.24, 2.45) is 0 Å². The van der Waals surface area contributed by atoms with Crippen LogP contribution in [0.1, 0.15) is 0 Å². The van der Waals surface area contributed by atoms with E-state index in [1.807, 2.05) is 0 Å². The van der Waals surface area contributed by atoms with Gasteiger partial charge >= 0.3 is 0 Å². The number of hydrogen-bond acceptors (Lipinski definition) is 2. The van der Waals surface area contributed by atoms with Crippen LogP contribution in [0.2, 0.25) is 0 Å². The first kappa shape index (κ1) is 37.6. The molecule has 0 spiro atoms. The van der Waals surface area contributed by atoms with Crippen molar-refractivity contribution in [3.63, 3.8) is 0 Å². The van der Waals surface area contributed by atoms with E-state index in [4.69, 9.17) is 4.74 Å². The van der Waals surface area contributed by atoms with Crippen molar-refractivity contribution in [3.8, 4) is 17.2 Å². The summed E-state index contributed by atoms with van der Waals surface area (Å²) in [4.78, 5) is 2.50. The van der Waals surface area contributed by atoms with Gasteiger partial charge in [0, 0.05) is 28.1 Å². The topological polar surface area (TPSA) is 17.4 Å². The molecule has 3 heterocycles. The Kier molecular flexibility index (Phi) is 8.56. The van der Waals surface area contributed by atoms with Crippen molar-refractivity contribution >= 4 is 96.5 Å². The minimum absolute atomic E-state index is 0.929. The molecule has 0 aliphatic carbocycles. The van der Waals surface area contributed by atoms with Gasteiger partial charge in [0.05, 0.1) is 16.4 Å². The minimum atomic E-state index is -2.85. The number of benzene rings is 10. The highest BCUT2D eigenvalue weighted by atomic mass is 28.3. The maximum absolute atomic E-state index is 7.25. The number of para-hydroxylation sites is 4. The molecule has 5 heteroatoms. The quantitative estimate of drug-likeness (QED) is 0.155. The van der Waals surface area contributed by atoms with Crippen molar-refractivity contribution < 1.29 is 4.74 Å². The second-order valence-corrected chi connectivity index (χ2v) is 24.6. The molecular formula is C60H42N2OSi2. The Bertz CT molecular complexity index is 3460. The Hall–Kier alpha value is -7.97. The highest BCUT2D eigenvalue weighted by molar-refractivity contribution is 7.22. The van der Waals surface area contributed by atoms with E-state index in [0.29, 0.717) is 0 Å². The molecule has 0 amide bonds. The highest BCUT2D eigenvalue weighted by Crippen LogP contribution is 2.43. The number of nitrogens with zero attached hydrogens (tertiary/aromatic N) is 2. The molecule has 11 aromatic rings. The lowest BCUT2D eigenvalue weighted by atomic mass is 10.1. The monoisotopic (exact) mass is 862 g/mol. The summed E-state index contributed by atoms with van der Waals surface area (Å²) >= 11 is 0. The van der Waals surface area contributed by atoms with Gasteiger partial charge in [-0.15, -0.1) is 0 Å². The first-order valence-corrected chi connectivity index (χ1v) is 26.4. The van der Waals surface area contributed by atoms with E-state index in [1.54, 1.807) is 0 Å². The molecule has 0 saturated carbocycles. The van der Waals surface area contributed by atoms with E-state index in [-0.39, 0.29) is 0 Å². The molecule has 1 aromatic heterocycles. The lowest BCUT2D eigenvalue weighted by molar-refractivity contribution is 0.493. The first-order chi connectivity index (χ1) is 32.3. The van der Waals surface area contributed by atoms with E-state index in [2.05, 4.69) is 264 Å². The molecule has 3 nitrogen and oxygen atoms in total. The predicted molar refractivity (Wildman–Crippen MR) is 276 cm³/mol. The van der Waals surface area contributed by atoms with Gasteiger partial charge in [0.25, 0.3) is 0 Å². The van der Waals surface area contributed by atoms with Gasteiger partial charge in [0.1, 0.15) is 11.5 Å². The minimum Gasteiger partial charge on any atom is -0.457 e. The molecule has 0 atom stereocenters. The Morgan fingerprint density at radius 1 is 0.323 bits per heavy atom. The van der Waals surface area contributed by atoms with Crippen molar-refractivity contribution in [2.45, 2.75) is 0 Å². The van der Waals surface area contributed by atoms with Gasteiger partial charge in [-0.1, -0.05) is 206 Å². The summed E-state index contributed by atoms with van der Waals surface area (Å²) in [6, 6.07) is 94.5. The van der Waals surface area contributed by atoms with Gasteiger partial charge in [-0.2, -0.15) is 0 Å². The van der Waals surface area contributed by atoms with Crippen molar-refractivity contribution in [1.29, 1.82) is 0 Å². The normalized spacial score (nSPS) is 14.2. The third-order valence-electron chi connectivity index (χ3n) is 14.0. The fourth-order valence-corrected chi connectivity index (χ4v) is 21.5. The lowest BCUT2D eigenvalue weighted by Gasteiger charge is -2.45. The summed E-state index contributed by atoms with van der Waals surface area (Å²) in [5.74, 6) is 1.88. The number of anilines is 3. The molecule has 0 bridgehead atoms. The lowest BCUT2D eigenvalue weighted by Crippen LogP contribution is -2.77. The van der Waals surface area contributed by atoms with Crippen LogP contribution in [0.15, 0.2) is 255 Å². The molecule has 0 fully saturated rings. The molecule has 2 aliphatic rings. The Balaban J connectivity index is 1.05. The Labute approximate surface area is 380 Å². The van der Waals surface area contributed by atoms with Crippen LogP contribution in [0.25, 0.3) is 27.5 Å². The SMILES string of the molecule is c1ccc([Si]2(c3ccccc3)c3ccccc3N(c3cccc(-n4c5ccccc5c5c6c(ccc54)[Si](c4ccccc4)(c4ccccc4)c4ccccc4O6)c3)c3ccccc32)cc1. The van der Waals surface area contributed by atoms with Crippen molar-refractivity contribution in [1.82, 2.24) is 4.57 Å². The second kappa shape index (κ2) is 14.8. The Morgan fingerprint density at radius 3 is 1.37 bits per heavy atom. The Morgan fingerprint density at radius 2 is 0.785 bits per heavy atom. The second-order valence-electron chi connectivity index (χ2n) is 17.1. The fourth-order valence-electron chi connectivity index (χ4n) is 11.5. The van der Waals surface area contributed by atoms with Crippen LogP contribution >= 0.6 is 0 Å². The molecule has 306 valence electrons. The van der Waals surface area contributed by atoms with Gasteiger partial charge in [-0.25, -0.2) is 0 Å². The molecule has 0 N–H and O–H groups in total. The van der Waals surface area contributed by atoms with Gasteiger partial charge in [-0.3, -0.25) is 0 Å². The van der Waals surface area contributed by atoms with E-state index in [1.165, 1.54) is 58.3 Å². The molecular weight excluding hydrogens is 821 g/mol. The number of fused-ring (bicyclic) bond motifs is 8. The summed E-state index contributed by atoms with van der Waals surface area (Å²) in [6.07, 6.45) is 0. The summed E-state index contributed by atoms with van der Waals surface area (Å²) in [5, 5.41) is 13.0. The maximum Gasteiger partial charge on any atom is 0.188 e.